The molecule has 0 unspecified atom stereocenters. The summed E-state index contributed by atoms with van der Waals surface area (Å²) in [5.41, 5.74) is 3.44. The molecule has 0 aliphatic heterocycles. The highest BCUT2D eigenvalue weighted by Crippen LogP contribution is 2.18. The van der Waals surface area contributed by atoms with Gasteiger partial charge in [0.15, 0.2) is 0 Å². The fraction of sp³-hybridized carbons (Fsp3) is 0.231. The summed E-state index contributed by atoms with van der Waals surface area (Å²) in [6.45, 7) is 1.96. The molecule has 0 spiro atoms. The first kappa shape index (κ1) is 12.9. The Bertz CT molecular complexity index is 795. The molecule has 102 valence electrons. The molecule has 0 fully saturated rings. The molecule has 0 amide bonds. The van der Waals surface area contributed by atoms with E-state index in [0.717, 1.165) is 28.2 Å². The van der Waals surface area contributed by atoms with Crippen molar-refractivity contribution in [3.63, 3.8) is 0 Å². The lowest BCUT2D eigenvalue weighted by atomic mass is 10.2. The standard InChI is InChI=1S/C13H13N5OS/c1-8-11(6-20-7-12-16-13(19)18-17-12)15-10-5-3-2-4-9(10)14-8/h2-5H,6-7H2,1H3,(H2,16,17,18,19). The van der Waals surface area contributed by atoms with E-state index in [9.17, 15) is 4.79 Å². The van der Waals surface area contributed by atoms with Crippen LogP contribution in [0.2, 0.25) is 0 Å². The van der Waals surface area contributed by atoms with Crippen LogP contribution in [-0.2, 0) is 11.5 Å². The fourth-order valence-corrected chi connectivity index (χ4v) is 2.78. The van der Waals surface area contributed by atoms with Crippen molar-refractivity contribution in [2.45, 2.75) is 18.4 Å². The van der Waals surface area contributed by atoms with E-state index in [-0.39, 0.29) is 5.69 Å². The minimum absolute atomic E-state index is 0.276. The van der Waals surface area contributed by atoms with E-state index in [1.807, 2.05) is 31.2 Å². The Kier molecular flexibility index (Phi) is 3.51. The van der Waals surface area contributed by atoms with Gasteiger partial charge in [-0.05, 0) is 19.1 Å². The Morgan fingerprint density at radius 2 is 1.90 bits per heavy atom. The van der Waals surface area contributed by atoms with Crippen molar-refractivity contribution in [2.24, 2.45) is 0 Å². The number of rotatable bonds is 4. The quantitative estimate of drug-likeness (QED) is 0.763. The van der Waals surface area contributed by atoms with Gasteiger partial charge in [-0.25, -0.2) is 19.9 Å². The van der Waals surface area contributed by atoms with Crippen LogP contribution in [0.4, 0.5) is 0 Å². The molecule has 2 heterocycles. The van der Waals surface area contributed by atoms with Gasteiger partial charge in [-0.2, -0.15) is 5.10 Å². The number of para-hydroxylation sites is 2. The number of H-pyrrole nitrogens is 2. The van der Waals surface area contributed by atoms with Crippen LogP contribution in [0.5, 0.6) is 0 Å². The summed E-state index contributed by atoms with van der Waals surface area (Å²) in [6.07, 6.45) is 0. The minimum atomic E-state index is -0.276. The van der Waals surface area contributed by atoms with E-state index < -0.39 is 0 Å². The maximum atomic E-state index is 10.9. The van der Waals surface area contributed by atoms with Gasteiger partial charge in [0, 0.05) is 5.75 Å². The van der Waals surface area contributed by atoms with E-state index in [1.165, 1.54) is 0 Å². The molecular formula is C13H13N5OS. The number of hydrogen-bond donors (Lipinski definition) is 2. The normalized spacial score (nSPS) is 11.1. The van der Waals surface area contributed by atoms with Crippen LogP contribution in [0.3, 0.4) is 0 Å². The SMILES string of the molecule is Cc1nc2ccccc2nc1CSCc1n[nH]c(=O)[nH]1. The monoisotopic (exact) mass is 287 g/mol. The lowest BCUT2D eigenvalue weighted by Crippen LogP contribution is -2.01. The average molecular weight is 287 g/mol. The van der Waals surface area contributed by atoms with Crippen LogP contribution < -0.4 is 5.69 Å². The molecule has 3 aromatic rings. The number of benzene rings is 1. The Hall–Kier alpha value is -2.15. The zero-order valence-electron chi connectivity index (χ0n) is 10.9. The second-order valence-corrected chi connectivity index (χ2v) is 5.35. The highest BCUT2D eigenvalue weighted by Gasteiger charge is 2.06. The van der Waals surface area contributed by atoms with Gasteiger partial charge in [-0.15, -0.1) is 11.8 Å². The average Bonchev–Trinajstić information content (AvgIpc) is 2.85. The van der Waals surface area contributed by atoms with Gasteiger partial charge in [0.2, 0.25) is 0 Å². The summed E-state index contributed by atoms with van der Waals surface area (Å²) in [5, 5.41) is 6.22. The maximum Gasteiger partial charge on any atom is 0.340 e. The highest BCUT2D eigenvalue weighted by atomic mass is 32.2. The maximum absolute atomic E-state index is 10.9. The second kappa shape index (κ2) is 5.46. The van der Waals surface area contributed by atoms with E-state index in [4.69, 9.17) is 0 Å². The third-order valence-electron chi connectivity index (χ3n) is 2.87. The molecule has 6 nitrogen and oxygen atoms in total. The molecule has 1 aromatic carbocycles. The molecule has 2 N–H and O–H groups in total. The zero-order chi connectivity index (χ0) is 13.9. The number of thioether (sulfide) groups is 1. The van der Waals surface area contributed by atoms with Crippen LogP contribution in [0.15, 0.2) is 29.1 Å². The molecule has 0 atom stereocenters. The van der Waals surface area contributed by atoms with Crippen molar-refractivity contribution in [1.82, 2.24) is 25.1 Å². The lowest BCUT2D eigenvalue weighted by Gasteiger charge is -2.05. The van der Waals surface area contributed by atoms with Crippen LogP contribution in [-0.4, -0.2) is 25.1 Å². The number of hydrogen-bond acceptors (Lipinski definition) is 5. The van der Waals surface area contributed by atoms with Gasteiger partial charge in [0.1, 0.15) is 5.82 Å². The Morgan fingerprint density at radius 3 is 2.60 bits per heavy atom. The van der Waals surface area contributed by atoms with Gasteiger partial charge in [0.25, 0.3) is 0 Å². The first-order valence-corrected chi connectivity index (χ1v) is 7.31. The third-order valence-corrected chi connectivity index (χ3v) is 3.83. The molecule has 20 heavy (non-hydrogen) atoms. The molecule has 0 aliphatic rings. The molecule has 7 heteroatoms. The number of aromatic amines is 2. The minimum Gasteiger partial charge on any atom is -0.292 e. The summed E-state index contributed by atoms with van der Waals surface area (Å²) in [5.74, 6) is 2.01. The number of nitrogens with one attached hydrogen (secondary N) is 2. The van der Waals surface area contributed by atoms with E-state index in [2.05, 4.69) is 25.1 Å². The molecule has 0 saturated carbocycles. The van der Waals surface area contributed by atoms with Crippen molar-refractivity contribution in [3.05, 3.63) is 52.0 Å². The van der Waals surface area contributed by atoms with E-state index >= 15 is 0 Å². The lowest BCUT2D eigenvalue weighted by molar-refractivity contribution is 1.01. The smallest absolute Gasteiger partial charge is 0.292 e. The molecule has 3 rings (SSSR count). The molecule has 0 bridgehead atoms. The Balaban J connectivity index is 1.73. The number of aromatic nitrogens is 5. The van der Waals surface area contributed by atoms with E-state index in [0.29, 0.717) is 11.6 Å². The predicted octanol–water partition coefficient (Wildman–Crippen LogP) is 1.78. The number of fused-ring (bicyclic) bond motifs is 1. The van der Waals surface area contributed by atoms with Crippen LogP contribution in [0.1, 0.15) is 17.2 Å². The van der Waals surface area contributed by atoms with Crippen LogP contribution in [0.25, 0.3) is 11.0 Å². The molecule has 0 radical (unpaired) electrons. The third kappa shape index (κ3) is 2.72. The molecular weight excluding hydrogens is 274 g/mol. The summed E-state index contributed by atoms with van der Waals surface area (Å²) in [6, 6.07) is 7.83. The highest BCUT2D eigenvalue weighted by molar-refractivity contribution is 7.97. The summed E-state index contributed by atoms with van der Waals surface area (Å²) >= 11 is 1.64. The Morgan fingerprint density at radius 1 is 1.15 bits per heavy atom. The topological polar surface area (TPSA) is 87.3 Å². The van der Waals surface area contributed by atoms with Crippen molar-refractivity contribution in [3.8, 4) is 0 Å². The largest absolute Gasteiger partial charge is 0.340 e. The molecule has 2 aromatic heterocycles. The van der Waals surface area contributed by atoms with Crippen LogP contribution >= 0.6 is 11.8 Å². The van der Waals surface area contributed by atoms with Crippen molar-refractivity contribution >= 4 is 22.8 Å². The van der Waals surface area contributed by atoms with E-state index in [1.54, 1.807) is 11.8 Å². The first-order valence-electron chi connectivity index (χ1n) is 6.16. The Labute approximate surface area is 119 Å². The van der Waals surface area contributed by atoms with Gasteiger partial charge in [0.05, 0.1) is 28.2 Å². The van der Waals surface area contributed by atoms with Crippen molar-refractivity contribution in [1.29, 1.82) is 0 Å². The van der Waals surface area contributed by atoms with Gasteiger partial charge >= 0.3 is 5.69 Å². The molecule has 0 saturated heterocycles. The first-order chi connectivity index (χ1) is 9.72. The van der Waals surface area contributed by atoms with Crippen molar-refractivity contribution in [2.75, 3.05) is 0 Å². The zero-order valence-corrected chi connectivity index (χ0v) is 11.7. The summed E-state index contributed by atoms with van der Waals surface area (Å²) in [4.78, 5) is 22.7. The van der Waals surface area contributed by atoms with Gasteiger partial charge in [-0.3, -0.25) is 4.98 Å². The van der Waals surface area contributed by atoms with Crippen LogP contribution in [0, 0.1) is 6.92 Å². The fourth-order valence-electron chi connectivity index (χ4n) is 1.88. The molecule has 0 aliphatic carbocycles. The van der Waals surface area contributed by atoms with Gasteiger partial charge < -0.3 is 0 Å². The predicted molar refractivity (Wildman–Crippen MR) is 78.5 cm³/mol. The van der Waals surface area contributed by atoms with Gasteiger partial charge in [-0.1, -0.05) is 12.1 Å². The number of nitrogens with zero attached hydrogens (tertiary/aromatic N) is 3. The summed E-state index contributed by atoms with van der Waals surface area (Å²) in [7, 11) is 0. The number of aryl methyl sites for hydroxylation is 1. The van der Waals surface area contributed by atoms with Crippen molar-refractivity contribution < 1.29 is 0 Å². The summed E-state index contributed by atoms with van der Waals surface area (Å²) < 4.78 is 0. The second-order valence-electron chi connectivity index (χ2n) is 4.36.